The lowest BCUT2D eigenvalue weighted by atomic mass is 10.0. The van der Waals surface area contributed by atoms with Crippen molar-refractivity contribution in [3.8, 4) is 16.9 Å². The number of halogens is 1. The van der Waals surface area contributed by atoms with Crippen LogP contribution < -0.4 is 4.74 Å². The summed E-state index contributed by atoms with van der Waals surface area (Å²) in [6, 6.07) is 12.1. The molecule has 0 unspecified atom stereocenters. The van der Waals surface area contributed by atoms with Gasteiger partial charge in [0.25, 0.3) is 0 Å². The fourth-order valence-electron chi connectivity index (χ4n) is 2.64. The molecule has 2 aromatic carbocycles. The Balaban J connectivity index is 2.05. The van der Waals surface area contributed by atoms with Crippen LogP contribution >= 0.6 is 0 Å². The van der Waals surface area contributed by atoms with Crippen molar-refractivity contribution in [1.82, 2.24) is 0 Å². The molecule has 4 heteroatoms. The zero-order chi connectivity index (χ0) is 18.9. The number of carbonyl (C=O) groups is 1. The molecule has 0 heterocycles. The summed E-state index contributed by atoms with van der Waals surface area (Å²) in [4.78, 5) is 11.8. The van der Waals surface area contributed by atoms with Crippen molar-refractivity contribution in [3.05, 3.63) is 66.0 Å². The second-order valence-corrected chi connectivity index (χ2v) is 6.22. The third-order valence-electron chi connectivity index (χ3n) is 4.09. The van der Waals surface area contributed by atoms with Crippen molar-refractivity contribution >= 4 is 5.97 Å². The standard InChI is InChI=1S/C22H25FO3/c1-4-5-6-7-17-8-13-20(21(23)14-17)18-9-11-19(12-10-18)26-22(24)16(2)15-25-3/h8-14H,2,4-7,15H2,1,3H3. The fraction of sp³-hybridized carbons (Fsp3) is 0.318. The van der Waals surface area contributed by atoms with Crippen molar-refractivity contribution in [2.24, 2.45) is 0 Å². The van der Waals surface area contributed by atoms with Gasteiger partial charge in [0.1, 0.15) is 11.6 Å². The summed E-state index contributed by atoms with van der Waals surface area (Å²) in [5, 5.41) is 0. The number of methoxy groups -OCH3 is 1. The van der Waals surface area contributed by atoms with Crippen molar-refractivity contribution in [3.63, 3.8) is 0 Å². The van der Waals surface area contributed by atoms with Crippen LogP contribution in [0.2, 0.25) is 0 Å². The van der Waals surface area contributed by atoms with Crippen molar-refractivity contribution < 1.29 is 18.7 Å². The smallest absolute Gasteiger partial charge is 0.341 e. The van der Waals surface area contributed by atoms with Gasteiger partial charge in [0, 0.05) is 12.7 Å². The van der Waals surface area contributed by atoms with Gasteiger partial charge in [-0.1, -0.05) is 50.6 Å². The average molecular weight is 356 g/mol. The topological polar surface area (TPSA) is 35.5 Å². The number of esters is 1. The lowest BCUT2D eigenvalue weighted by molar-refractivity contribution is -0.130. The van der Waals surface area contributed by atoms with E-state index in [4.69, 9.17) is 9.47 Å². The first-order valence-corrected chi connectivity index (χ1v) is 8.83. The van der Waals surface area contributed by atoms with Crippen LogP contribution in [0.4, 0.5) is 4.39 Å². The van der Waals surface area contributed by atoms with Gasteiger partial charge in [-0.05, 0) is 42.2 Å². The number of hydrogen-bond donors (Lipinski definition) is 0. The summed E-state index contributed by atoms with van der Waals surface area (Å²) in [5.41, 5.74) is 2.52. The molecule has 0 aliphatic heterocycles. The first kappa shape index (κ1) is 19.9. The molecule has 0 saturated carbocycles. The lowest BCUT2D eigenvalue weighted by Gasteiger charge is -2.09. The number of aryl methyl sites for hydroxylation is 1. The van der Waals surface area contributed by atoms with E-state index in [1.54, 1.807) is 36.4 Å². The number of unbranched alkanes of at least 4 members (excludes halogenated alkanes) is 2. The Hall–Kier alpha value is -2.46. The predicted octanol–water partition coefficient (Wildman–Crippen LogP) is 5.33. The van der Waals surface area contributed by atoms with Crippen LogP contribution in [0.5, 0.6) is 5.75 Å². The molecule has 26 heavy (non-hydrogen) atoms. The predicted molar refractivity (Wildman–Crippen MR) is 102 cm³/mol. The maximum atomic E-state index is 14.4. The Morgan fingerprint density at radius 2 is 1.85 bits per heavy atom. The van der Waals surface area contributed by atoms with Crippen molar-refractivity contribution in [2.45, 2.75) is 32.6 Å². The molecule has 0 fully saturated rings. The average Bonchev–Trinajstić information content (AvgIpc) is 2.63. The van der Waals surface area contributed by atoms with Crippen LogP contribution in [-0.2, 0) is 16.0 Å². The highest BCUT2D eigenvalue weighted by atomic mass is 19.1. The van der Waals surface area contributed by atoms with Gasteiger partial charge in [-0.15, -0.1) is 0 Å². The Bertz CT molecular complexity index is 750. The quantitative estimate of drug-likeness (QED) is 0.263. The van der Waals surface area contributed by atoms with Crippen LogP contribution in [0.15, 0.2) is 54.6 Å². The highest BCUT2D eigenvalue weighted by molar-refractivity contribution is 5.89. The summed E-state index contributed by atoms with van der Waals surface area (Å²) in [7, 11) is 1.48. The van der Waals surface area contributed by atoms with E-state index in [-0.39, 0.29) is 18.0 Å². The molecule has 0 saturated heterocycles. The lowest BCUT2D eigenvalue weighted by Crippen LogP contribution is -2.13. The van der Waals surface area contributed by atoms with E-state index in [2.05, 4.69) is 13.5 Å². The Labute approximate surface area is 154 Å². The molecule has 138 valence electrons. The SMILES string of the molecule is C=C(COC)C(=O)Oc1ccc(-c2ccc(CCCCC)cc2F)cc1. The van der Waals surface area contributed by atoms with E-state index in [0.29, 0.717) is 11.3 Å². The van der Waals surface area contributed by atoms with Crippen molar-refractivity contribution in [1.29, 1.82) is 0 Å². The van der Waals surface area contributed by atoms with Gasteiger partial charge in [-0.2, -0.15) is 0 Å². The van der Waals surface area contributed by atoms with Gasteiger partial charge in [0.2, 0.25) is 0 Å². The molecule has 0 aromatic heterocycles. The minimum absolute atomic E-state index is 0.118. The van der Waals surface area contributed by atoms with Crippen LogP contribution in [-0.4, -0.2) is 19.7 Å². The van der Waals surface area contributed by atoms with Crippen LogP contribution in [0, 0.1) is 5.82 Å². The highest BCUT2D eigenvalue weighted by Crippen LogP contribution is 2.26. The summed E-state index contributed by atoms with van der Waals surface area (Å²) >= 11 is 0. The minimum Gasteiger partial charge on any atom is -0.423 e. The number of rotatable bonds is 9. The molecule has 0 bridgehead atoms. The van der Waals surface area contributed by atoms with Crippen LogP contribution in [0.1, 0.15) is 31.7 Å². The molecule has 0 radical (unpaired) electrons. The van der Waals surface area contributed by atoms with E-state index >= 15 is 0 Å². The molecular formula is C22H25FO3. The van der Waals surface area contributed by atoms with Gasteiger partial charge in [-0.25, -0.2) is 9.18 Å². The van der Waals surface area contributed by atoms with E-state index in [1.807, 2.05) is 6.07 Å². The minimum atomic E-state index is -0.540. The summed E-state index contributed by atoms with van der Waals surface area (Å²) in [6.07, 6.45) is 4.27. The monoisotopic (exact) mass is 356 g/mol. The second kappa shape index (κ2) is 9.88. The zero-order valence-electron chi connectivity index (χ0n) is 15.4. The van der Waals surface area contributed by atoms with Gasteiger partial charge in [-0.3, -0.25) is 0 Å². The Kier molecular flexibility index (Phi) is 7.54. The van der Waals surface area contributed by atoms with E-state index < -0.39 is 5.97 Å². The second-order valence-electron chi connectivity index (χ2n) is 6.22. The molecule has 2 rings (SSSR count). The first-order valence-electron chi connectivity index (χ1n) is 8.83. The number of hydrogen-bond acceptors (Lipinski definition) is 3. The normalized spacial score (nSPS) is 10.6. The third kappa shape index (κ3) is 5.53. The maximum absolute atomic E-state index is 14.4. The van der Waals surface area contributed by atoms with E-state index in [0.717, 1.165) is 36.8 Å². The molecule has 0 N–H and O–H groups in total. The summed E-state index contributed by atoms with van der Waals surface area (Å²) in [5.74, 6) is -0.396. The van der Waals surface area contributed by atoms with Crippen molar-refractivity contribution in [2.75, 3.05) is 13.7 Å². The van der Waals surface area contributed by atoms with Crippen LogP contribution in [0.25, 0.3) is 11.1 Å². The number of benzene rings is 2. The fourth-order valence-corrected chi connectivity index (χ4v) is 2.64. The largest absolute Gasteiger partial charge is 0.423 e. The Morgan fingerprint density at radius 3 is 2.46 bits per heavy atom. The first-order chi connectivity index (χ1) is 12.5. The molecule has 2 aromatic rings. The van der Waals surface area contributed by atoms with Gasteiger partial charge in [0.15, 0.2) is 0 Å². The number of ether oxygens (including phenoxy) is 2. The van der Waals surface area contributed by atoms with Gasteiger partial charge >= 0.3 is 5.97 Å². The van der Waals surface area contributed by atoms with Gasteiger partial charge < -0.3 is 9.47 Å². The molecule has 0 aliphatic rings. The molecule has 0 atom stereocenters. The molecule has 0 spiro atoms. The molecular weight excluding hydrogens is 331 g/mol. The Morgan fingerprint density at radius 1 is 1.12 bits per heavy atom. The molecule has 0 amide bonds. The van der Waals surface area contributed by atoms with E-state index in [1.165, 1.54) is 7.11 Å². The van der Waals surface area contributed by atoms with Crippen LogP contribution in [0.3, 0.4) is 0 Å². The van der Waals surface area contributed by atoms with Gasteiger partial charge in [0.05, 0.1) is 12.2 Å². The third-order valence-corrected chi connectivity index (χ3v) is 4.09. The molecule has 0 aliphatic carbocycles. The molecule has 3 nitrogen and oxygen atoms in total. The summed E-state index contributed by atoms with van der Waals surface area (Å²) in [6.45, 7) is 5.87. The number of carbonyl (C=O) groups excluding carboxylic acids is 1. The highest BCUT2D eigenvalue weighted by Gasteiger charge is 2.11. The summed E-state index contributed by atoms with van der Waals surface area (Å²) < 4.78 is 24.5. The van der Waals surface area contributed by atoms with E-state index in [9.17, 15) is 9.18 Å². The zero-order valence-corrected chi connectivity index (χ0v) is 15.4. The maximum Gasteiger partial charge on any atom is 0.341 e.